The maximum Gasteiger partial charge on any atom is 0.283 e. The summed E-state index contributed by atoms with van der Waals surface area (Å²) in [7, 11) is 1.59. The molecule has 0 saturated carbocycles. The predicted octanol–water partition coefficient (Wildman–Crippen LogP) is 2.27. The van der Waals surface area contributed by atoms with Crippen LogP contribution in [0.15, 0.2) is 47.9 Å². The van der Waals surface area contributed by atoms with E-state index >= 15 is 0 Å². The summed E-state index contributed by atoms with van der Waals surface area (Å²) in [6, 6.07) is 7.35. The summed E-state index contributed by atoms with van der Waals surface area (Å²) in [5.74, 6) is 0. The van der Waals surface area contributed by atoms with Crippen molar-refractivity contribution in [2.75, 3.05) is 7.11 Å². The van der Waals surface area contributed by atoms with Crippen LogP contribution in [0.4, 0.5) is 0 Å². The number of ether oxygens (including phenoxy) is 1. The van der Waals surface area contributed by atoms with Gasteiger partial charge < -0.3 is 9.72 Å². The monoisotopic (exact) mass is 436 g/mol. The Morgan fingerprint density at radius 1 is 1.16 bits per heavy atom. The second kappa shape index (κ2) is 7.89. The molecule has 31 heavy (non-hydrogen) atoms. The molecule has 1 aromatic carbocycles. The third-order valence-corrected chi connectivity index (χ3v) is 5.22. The number of nitrogens with zero attached hydrogens (tertiary/aromatic N) is 7. The first-order valence-corrected chi connectivity index (χ1v) is 9.89. The van der Waals surface area contributed by atoms with Gasteiger partial charge in [0.05, 0.1) is 24.2 Å². The molecule has 0 aliphatic carbocycles. The number of aromatic amines is 1. The van der Waals surface area contributed by atoms with Gasteiger partial charge in [0.25, 0.3) is 5.56 Å². The maximum atomic E-state index is 13.0. The summed E-state index contributed by atoms with van der Waals surface area (Å²) in [6.07, 6.45) is 5.44. The molecular formula is C20H17ClN8O2. The quantitative estimate of drug-likeness (QED) is 0.434. The molecule has 4 aromatic heterocycles. The minimum atomic E-state index is -0.282. The minimum Gasteiger partial charge on any atom is -0.378 e. The summed E-state index contributed by atoms with van der Waals surface area (Å²) < 4.78 is 8.37. The fourth-order valence-electron chi connectivity index (χ4n) is 3.47. The number of aromatic nitrogens is 8. The Balaban J connectivity index is 1.64. The molecule has 156 valence electrons. The van der Waals surface area contributed by atoms with Gasteiger partial charge >= 0.3 is 0 Å². The molecule has 5 aromatic rings. The van der Waals surface area contributed by atoms with E-state index in [0.29, 0.717) is 35.0 Å². The van der Waals surface area contributed by atoms with Crippen molar-refractivity contribution in [3.63, 3.8) is 0 Å². The number of fused-ring (bicyclic) bond motifs is 3. The van der Waals surface area contributed by atoms with Gasteiger partial charge in [-0.25, -0.2) is 9.97 Å². The highest BCUT2D eigenvalue weighted by Crippen LogP contribution is 2.29. The number of methoxy groups -OCH3 is 1. The zero-order valence-electron chi connectivity index (χ0n) is 16.5. The molecule has 4 heterocycles. The summed E-state index contributed by atoms with van der Waals surface area (Å²) in [4.78, 5) is 24.4. The molecule has 0 aliphatic rings. The smallest absolute Gasteiger partial charge is 0.283 e. The van der Waals surface area contributed by atoms with Crippen LogP contribution in [-0.2, 0) is 24.3 Å². The van der Waals surface area contributed by atoms with Crippen molar-refractivity contribution >= 4 is 28.4 Å². The minimum absolute atomic E-state index is 0.147. The topological polar surface area (TPSA) is 116 Å². The van der Waals surface area contributed by atoms with Crippen molar-refractivity contribution in [1.29, 1.82) is 0 Å². The first-order chi connectivity index (χ1) is 15.2. The van der Waals surface area contributed by atoms with Gasteiger partial charge in [0.1, 0.15) is 6.33 Å². The second-order valence-corrected chi connectivity index (χ2v) is 7.38. The van der Waals surface area contributed by atoms with Crippen molar-refractivity contribution in [2.45, 2.75) is 19.6 Å². The lowest BCUT2D eigenvalue weighted by atomic mass is 10.1. The average Bonchev–Trinajstić information content (AvgIpc) is 3.42. The molecule has 0 saturated heterocycles. The summed E-state index contributed by atoms with van der Waals surface area (Å²) in [6.45, 7) is 0.706. The SMILES string of the molecule is COCc1nn2c(nnc3c(=O)n(CCc4cnc[nH]4)cnc32)c1-c1ccc(Cl)cc1. The molecule has 0 radical (unpaired) electrons. The first-order valence-electron chi connectivity index (χ1n) is 9.51. The van der Waals surface area contributed by atoms with Crippen LogP contribution >= 0.6 is 11.6 Å². The molecule has 0 atom stereocenters. The van der Waals surface area contributed by atoms with E-state index in [1.54, 1.807) is 36.3 Å². The maximum absolute atomic E-state index is 13.0. The predicted molar refractivity (Wildman–Crippen MR) is 114 cm³/mol. The zero-order valence-corrected chi connectivity index (χ0v) is 17.2. The van der Waals surface area contributed by atoms with Crippen LogP contribution < -0.4 is 5.56 Å². The van der Waals surface area contributed by atoms with Crippen molar-refractivity contribution in [3.8, 4) is 11.1 Å². The fraction of sp³-hybridized carbons (Fsp3) is 0.200. The second-order valence-electron chi connectivity index (χ2n) is 6.94. The van der Waals surface area contributed by atoms with Crippen LogP contribution in [0, 0.1) is 0 Å². The molecule has 5 rings (SSSR count). The van der Waals surface area contributed by atoms with Crippen molar-refractivity contribution in [3.05, 3.63) is 69.9 Å². The number of benzene rings is 1. The summed E-state index contributed by atoms with van der Waals surface area (Å²) >= 11 is 6.03. The largest absolute Gasteiger partial charge is 0.378 e. The van der Waals surface area contributed by atoms with Gasteiger partial charge in [0.2, 0.25) is 0 Å². The van der Waals surface area contributed by atoms with Gasteiger partial charge in [-0.05, 0) is 17.7 Å². The van der Waals surface area contributed by atoms with Crippen molar-refractivity contribution < 1.29 is 4.74 Å². The number of aryl methyl sites for hydroxylation is 2. The number of halogens is 1. The van der Waals surface area contributed by atoms with Crippen LogP contribution in [0.1, 0.15) is 11.4 Å². The molecule has 0 aliphatic heterocycles. The van der Waals surface area contributed by atoms with Crippen LogP contribution in [-0.4, -0.2) is 46.4 Å². The summed E-state index contributed by atoms with van der Waals surface area (Å²) in [5, 5.41) is 13.8. The Morgan fingerprint density at radius 3 is 2.74 bits per heavy atom. The van der Waals surface area contributed by atoms with E-state index in [1.807, 2.05) is 12.1 Å². The van der Waals surface area contributed by atoms with Crippen molar-refractivity contribution in [2.24, 2.45) is 0 Å². The van der Waals surface area contributed by atoms with Gasteiger partial charge in [-0.3, -0.25) is 9.36 Å². The summed E-state index contributed by atoms with van der Waals surface area (Å²) in [5.41, 5.74) is 3.92. The van der Waals surface area contributed by atoms with Crippen LogP contribution in [0.2, 0.25) is 5.02 Å². The van der Waals surface area contributed by atoms with E-state index in [9.17, 15) is 4.79 Å². The van der Waals surface area contributed by atoms with Gasteiger partial charge in [-0.1, -0.05) is 23.7 Å². The lowest BCUT2D eigenvalue weighted by Gasteiger charge is -2.06. The highest BCUT2D eigenvalue weighted by Gasteiger charge is 2.20. The molecule has 0 unspecified atom stereocenters. The van der Waals surface area contributed by atoms with Crippen LogP contribution in [0.25, 0.3) is 27.9 Å². The van der Waals surface area contributed by atoms with E-state index in [2.05, 4.69) is 30.2 Å². The molecule has 10 nitrogen and oxygen atoms in total. The Morgan fingerprint density at radius 2 is 2.00 bits per heavy atom. The van der Waals surface area contributed by atoms with E-state index in [1.165, 1.54) is 10.9 Å². The zero-order chi connectivity index (χ0) is 21.4. The van der Waals surface area contributed by atoms with Gasteiger partial charge in [-0.15, -0.1) is 10.2 Å². The van der Waals surface area contributed by atoms with E-state index in [4.69, 9.17) is 16.3 Å². The van der Waals surface area contributed by atoms with Gasteiger partial charge in [0, 0.05) is 37.0 Å². The average molecular weight is 437 g/mol. The highest BCUT2D eigenvalue weighted by molar-refractivity contribution is 6.30. The third kappa shape index (κ3) is 3.45. The lowest BCUT2D eigenvalue weighted by Crippen LogP contribution is -2.24. The molecule has 1 N–H and O–H groups in total. The Bertz CT molecular complexity index is 1420. The fourth-order valence-corrected chi connectivity index (χ4v) is 3.60. The Kier molecular flexibility index (Phi) is 4.92. The normalized spacial score (nSPS) is 11.5. The number of rotatable bonds is 6. The van der Waals surface area contributed by atoms with Crippen molar-refractivity contribution in [1.82, 2.24) is 39.3 Å². The first kappa shape index (κ1) is 19.3. The molecule has 11 heteroatoms. The third-order valence-electron chi connectivity index (χ3n) is 4.96. The molecule has 0 spiro atoms. The number of hydrogen-bond acceptors (Lipinski definition) is 7. The number of nitrogens with one attached hydrogen (secondary N) is 1. The molecule has 0 amide bonds. The number of hydrogen-bond donors (Lipinski definition) is 1. The van der Waals surface area contributed by atoms with E-state index in [-0.39, 0.29) is 17.7 Å². The Labute approximate surface area is 180 Å². The highest BCUT2D eigenvalue weighted by atomic mass is 35.5. The van der Waals surface area contributed by atoms with Crippen LogP contribution in [0.5, 0.6) is 0 Å². The Hall–Kier alpha value is -3.63. The van der Waals surface area contributed by atoms with Gasteiger partial charge in [0.15, 0.2) is 16.8 Å². The van der Waals surface area contributed by atoms with E-state index in [0.717, 1.165) is 16.8 Å². The van der Waals surface area contributed by atoms with Gasteiger partial charge in [-0.2, -0.15) is 9.61 Å². The molecule has 0 bridgehead atoms. The van der Waals surface area contributed by atoms with Crippen LogP contribution in [0.3, 0.4) is 0 Å². The molecule has 0 fully saturated rings. The number of imidazole rings is 1. The van der Waals surface area contributed by atoms with E-state index < -0.39 is 0 Å². The standard InChI is InChI=1S/C20H17ClN8O2/c1-31-9-15-16(12-2-4-13(21)5-3-12)18-26-25-17-19(29(18)27-15)24-11-28(20(17)30)7-6-14-8-22-10-23-14/h2-5,8,10-11H,6-7,9H2,1H3,(H,22,23). The number of H-pyrrole nitrogens is 1. The lowest BCUT2D eigenvalue weighted by molar-refractivity contribution is 0.181. The molecular weight excluding hydrogens is 420 g/mol.